The second kappa shape index (κ2) is 5.94. The van der Waals surface area contributed by atoms with Crippen LogP contribution in [0.1, 0.15) is 33.0 Å². The molecule has 0 saturated heterocycles. The second-order valence-corrected chi connectivity index (χ2v) is 6.57. The summed E-state index contributed by atoms with van der Waals surface area (Å²) in [5.41, 5.74) is 1.08. The molecule has 0 atom stereocenters. The molecule has 0 saturated carbocycles. The molecule has 2 aliphatic rings. The highest BCUT2D eigenvalue weighted by atomic mass is 32.2. The Hall–Kier alpha value is -2.69. The molecule has 0 radical (unpaired) electrons. The van der Waals surface area contributed by atoms with Gasteiger partial charge in [-0.15, -0.1) is 10.2 Å². The smallest absolute Gasteiger partial charge is 0.274 e. The minimum Gasteiger partial charge on any atom is -0.274 e. The fourth-order valence-electron chi connectivity index (χ4n) is 2.75. The van der Waals surface area contributed by atoms with Gasteiger partial charge in [-0.3, -0.25) is 14.5 Å². The van der Waals surface area contributed by atoms with E-state index < -0.39 is 23.8 Å². The van der Waals surface area contributed by atoms with Crippen molar-refractivity contribution in [1.29, 1.82) is 0 Å². The van der Waals surface area contributed by atoms with Crippen LogP contribution in [0.3, 0.4) is 0 Å². The van der Waals surface area contributed by atoms with Crippen LogP contribution in [-0.2, 0) is 6.18 Å². The largest absolute Gasteiger partial charge is 0.453 e. The van der Waals surface area contributed by atoms with E-state index in [9.17, 15) is 22.8 Å². The van der Waals surface area contributed by atoms with Crippen molar-refractivity contribution in [1.82, 2.24) is 19.8 Å². The van der Waals surface area contributed by atoms with E-state index in [1.807, 2.05) is 0 Å². The predicted octanol–water partition coefficient (Wildman–Crippen LogP) is 2.29. The predicted molar refractivity (Wildman–Crippen MR) is 85.0 cm³/mol. The molecule has 0 aliphatic carbocycles. The Bertz CT molecular complexity index is 918. The maximum atomic E-state index is 12.9. The summed E-state index contributed by atoms with van der Waals surface area (Å²) in [6.45, 7) is 0.0462. The highest BCUT2D eigenvalue weighted by Crippen LogP contribution is 2.32. The van der Waals surface area contributed by atoms with E-state index in [2.05, 4.69) is 15.3 Å². The summed E-state index contributed by atoms with van der Waals surface area (Å²) in [6, 6.07) is 6.48. The number of hydrogen-bond acceptors (Lipinski definition) is 6. The summed E-state index contributed by atoms with van der Waals surface area (Å²) < 4.78 is 39.4. The molecular formula is C15H10F3N5O2S. The maximum absolute atomic E-state index is 12.9. The van der Waals surface area contributed by atoms with Gasteiger partial charge in [0.25, 0.3) is 17.6 Å². The highest BCUT2D eigenvalue weighted by molar-refractivity contribution is 7.99. The van der Waals surface area contributed by atoms with Crippen LogP contribution in [0, 0.1) is 0 Å². The van der Waals surface area contributed by atoms with Gasteiger partial charge in [0.05, 0.1) is 16.8 Å². The zero-order chi connectivity index (χ0) is 18.5. The minimum absolute atomic E-state index is 0.0462. The lowest BCUT2D eigenvalue weighted by molar-refractivity contribution is -0.147. The zero-order valence-corrected chi connectivity index (χ0v) is 13.8. The third-order valence-electron chi connectivity index (χ3n) is 3.98. The van der Waals surface area contributed by atoms with Crippen LogP contribution >= 0.6 is 11.8 Å². The third-order valence-corrected chi connectivity index (χ3v) is 4.97. The molecule has 11 heteroatoms. The lowest BCUT2D eigenvalue weighted by atomic mass is 10.1. The number of thioether (sulfide) groups is 1. The minimum atomic E-state index is -4.67. The van der Waals surface area contributed by atoms with E-state index in [1.165, 1.54) is 0 Å². The second-order valence-electron chi connectivity index (χ2n) is 5.63. The number of carbonyl (C=O) groups excluding carboxylic acids is 2. The summed E-state index contributed by atoms with van der Waals surface area (Å²) in [5.74, 6) is -1.69. The van der Waals surface area contributed by atoms with Crippen LogP contribution in [0.5, 0.6) is 0 Å². The van der Waals surface area contributed by atoms with Gasteiger partial charge in [0, 0.05) is 18.7 Å². The van der Waals surface area contributed by atoms with E-state index in [-0.39, 0.29) is 18.1 Å². The first-order valence-corrected chi connectivity index (χ1v) is 8.52. The van der Waals surface area contributed by atoms with Gasteiger partial charge in [0.1, 0.15) is 0 Å². The summed E-state index contributed by atoms with van der Waals surface area (Å²) in [7, 11) is 0. The van der Waals surface area contributed by atoms with Crippen molar-refractivity contribution in [2.24, 2.45) is 5.10 Å². The Morgan fingerprint density at radius 2 is 1.73 bits per heavy atom. The first-order chi connectivity index (χ1) is 12.4. The molecule has 2 amide bonds. The number of amides is 2. The van der Waals surface area contributed by atoms with Gasteiger partial charge in [0.2, 0.25) is 5.16 Å². The van der Waals surface area contributed by atoms with Crippen molar-refractivity contribution in [2.75, 3.05) is 12.3 Å². The molecule has 0 N–H and O–H groups in total. The Labute approximate surface area is 148 Å². The quantitative estimate of drug-likeness (QED) is 0.762. The summed E-state index contributed by atoms with van der Waals surface area (Å²) >= 11 is 1.08. The number of rotatable bonds is 3. The number of hydrogen-bond donors (Lipinski definition) is 0. The molecule has 26 heavy (non-hydrogen) atoms. The molecule has 3 heterocycles. The standard InChI is InChI=1S/C15H10F3N5O2S/c16-15(17,18)13-19-20-14-23(13)21-8(7-26-14)5-6-22-11(24)9-3-1-2-4-10(9)12(22)25/h1-4H,5-7H2. The van der Waals surface area contributed by atoms with Gasteiger partial charge in [-0.2, -0.15) is 22.9 Å². The normalized spacial score (nSPS) is 16.6. The molecule has 4 rings (SSSR count). The van der Waals surface area contributed by atoms with Crippen LogP contribution in [0.4, 0.5) is 13.2 Å². The fraction of sp³-hybridized carbons (Fsp3) is 0.267. The van der Waals surface area contributed by atoms with Crippen molar-refractivity contribution in [3.05, 3.63) is 41.2 Å². The topological polar surface area (TPSA) is 80.5 Å². The Morgan fingerprint density at radius 3 is 2.35 bits per heavy atom. The number of benzene rings is 1. The van der Waals surface area contributed by atoms with Crippen molar-refractivity contribution >= 4 is 29.3 Å². The fourth-order valence-corrected chi connectivity index (χ4v) is 3.59. The number of halogens is 3. The Balaban J connectivity index is 1.53. The van der Waals surface area contributed by atoms with E-state index >= 15 is 0 Å². The number of aromatic nitrogens is 3. The van der Waals surface area contributed by atoms with Gasteiger partial charge < -0.3 is 0 Å². The van der Waals surface area contributed by atoms with E-state index in [1.54, 1.807) is 24.3 Å². The molecular weight excluding hydrogens is 371 g/mol. The number of fused-ring (bicyclic) bond motifs is 2. The number of carbonyl (C=O) groups is 2. The molecule has 2 aliphatic heterocycles. The molecule has 7 nitrogen and oxygen atoms in total. The molecule has 0 spiro atoms. The van der Waals surface area contributed by atoms with Crippen LogP contribution in [-0.4, -0.2) is 49.6 Å². The molecule has 0 unspecified atom stereocenters. The molecule has 1 aromatic heterocycles. The summed E-state index contributed by atoms with van der Waals surface area (Å²) in [5, 5.41) is 10.6. The van der Waals surface area contributed by atoms with E-state index in [0.717, 1.165) is 16.7 Å². The van der Waals surface area contributed by atoms with Gasteiger partial charge in [-0.05, 0) is 12.1 Å². The van der Waals surface area contributed by atoms with Crippen molar-refractivity contribution in [3.63, 3.8) is 0 Å². The molecule has 134 valence electrons. The van der Waals surface area contributed by atoms with Gasteiger partial charge in [-0.25, -0.2) is 0 Å². The Kier molecular flexibility index (Phi) is 3.83. The lowest BCUT2D eigenvalue weighted by Crippen LogP contribution is -2.32. The number of nitrogens with zero attached hydrogens (tertiary/aromatic N) is 5. The van der Waals surface area contributed by atoms with Gasteiger partial charge in [-0.1, -0.05) is 23.9 Å². The third kappa shape index (κ3) is 2.68. The van der Waals surface area contributed by atoms with Gasteiger partial charge in [0.15, 0.2) is 0 Å². The SMILES string of the molecule is O=C1c2ccccc2C(=O)N1CCC1=Nn2c(nnc2C(F)(F)F)SC1. The first-order valence-electron chi connectivity index (χ1n) is 7.53. The van der Waals surface area contributed by atoms with E-state index in [4.69, 9.17) is 0 Å². The summed E-state index contributed by atoms with van der Waals surface area (Å²) in [6.07, 6.45) is -4.49. The maximum Gasteiger partial charge on any atom is 0.453 e. The highest BCUT2D eigenvalue weighted by Gasteiger charge is 2.40. The molecule has 0 bridgehead atoms. The lowest BCUT2D eigenvalue weighted by Gasteiger charge is -2.17. The van der Waals surface area contributed by atoms with E-state index in [0.29, 0.717) is 27.3 Å². The molecule has 2 aromatic rings. The average Bonchev–Trinajstić information content (AvgIpc) is 3.14. The zero-order valence-electron chi connectivity index (χ0n) is 13.0. The van der Waals surface area contributed by atoms with Crippen LogP contribution in [0.15, 0.2) is 34.5 Å². The van der Waals surface area contributed by atoms with Crippen LogP contribution in [0.25, 0.3) is 0 Å². The monoisotopic (exact) mass is 381 g/mol. The van der Waals surface area contributed by atoms with Crippen molar-refractivity contribution in [2.45, 2.75) is 17.8 Å². The van der Waals surface area contributed by atoms with Crippen molar-refractivity contribution < 1.29 is 22.8 Å². The number of alkyl halides is 3. The van der Waals surface area contributed by atoms with Gasteiger partial charge >= 0.3 is 6.18 Å². The van der Waals surface area contributed by atoms with Crippen molar-refractivity contribution in [3.8, 4) is 0 Å². The van der Waals surface area contributed by atoms with Crippen LogP contribution < -0.4 is 0 Å². The molecule has 1 aromatic carbocycles. The summed E-state index contributed by atoms with van der Waals surface area (Å²) in [4.78, 5) is 25.7. The Morgan fingerprint density at radius 1 is 1.08 bits per heavy atom. The average molecular weight is 381 g/mol. The van der Waals surface area contributed by atoms with Crippen LogP contribution in [0.2, 0.25) is 0 Å². The molecule has 0 fully saturated rings. The first kappa shape index (κ1) is 16.8. The number of imide groups is 1.